The summed E-state index contributed by atoms with van der Waals surface area (Å²) in [6, 6.07) is 1.85. The summed E-state index contributed by atoms with van der Waals surface area (Å²) in [6.45, 7) is 2.49. The lowest BCUT2D eigenvalue weighted by atomic mass is 10.0. The van der Waals surface area contributed by atoms with E-state index in [9.17, 15) is 13.2 Å². The van der Waals surface area contributed by atoms with Crippen molar-refractivity contribution in [1.82, 2.24) is 20.3 Å². The summed E-state index contributed by atoms with van der Waals surface area (Å²) in [6.07, 6.45) is 1.70. The molecule has 7 heteroatoms. The van der Waals surface area contributed by atoms with Crippen LogP contribution in [0, 0.1) is 0 Å². The number of nitrogens with zero attached hydrogens (tertiary/aromatic N) is 3. The molecular formula is C14H15F3N4. The van der Waals surface area contributed by atoms with Gasteiger partial charge in [0.2, 0.25) is 0 Å². The Hall–Kier alpha value is -2.02. The van der Waals surface area contributed by atoms with Crippen molar-refractivity contribution < 1.29 is 13.2 Å². The monoisotopic (exact) mass is 296 g/mol. The highest BCUT2D eigenvalue weighted by Crippen LogP contribution is 2.35. The molecule has 1 unspecified atom stereocenters. The van der Waals surface area contributed by atoms with Crippen molar-refractivity contribution in [3.05, 3.63) is 53.9 Å². The minimum atomic E-state index is -4.45. The average Bonchev–Trinajstić information content (AvgIpc) is 2.48. The van der Waals surface area contributed by atoms with E-state index >= 15 is 0 Å². The van der Waals surface area contributed by atoms with Gasteiger partial charge in [-0.25, -0.2) is 9.97 Å². The lowest BCUT2D eigenvalue weighted by molar-refractivity contribution is -0.138. The van der Waals surface area contributed by atoms with Gasteiger partial charge in [-0.3, -0.25) is 4.98 Å². The highest BCUT2D eigenvalue weighted by molar-refractivity contribution is 5.33. The quantitative estimate of drug-likeness (QED) is 0.921. The van der Waals surface area contributed by atoms with Crippen molar-refractivity contribution in [2.75, 3.05) is 6.54 Å². The van der Waals surface area contributed by atoms with Crippen molar-refractivity contribution in [2.24, 2.45) is 0 Å². The molecule has 0 aliphatic carbocycles. The second-order valence-corrected chi connectivity index (χ2v) is 4.45. The van der Waals surface area contributed by atoms with E-state index in [2.05, 4.69) is 20.3 Å². The SMILES string of the molecule is CCCNC(c1ncccn1)c1cnccc1C(F)(F)F. The van der Waals surface area contributed by atoms with Crippen molar-refractivity contribution in [1.29, 1.82) is 0 Å². The molecule has 21 heavy (non-hydrogen) atoms. The molecule has 0 aliphatic rings. The smallest absolute Gasteiger partial charge is 0.304 e. The summed E-state index contributed by atoms with van der Waals surface area (Å²) in [4.78, 5) is 11.9. The highest BCUT2D eigenvalue weighted by Gasteiger charge is 2.36. The molecule has 0 amide bonds. The molecule has 2 heterocycles. The average molecular weight is 296 g/mol. The Morgan fingerprint density at radius 3 is 2.52 bits per heavy atom. The van der Waals surface area contributed by atoms with Gasteiger partial charge in [0.15, 0.2) is 0 Å². The van der Waals surface area contributed by atoms with Crippen molar-refractivity contribution in [3.8, 4) is 0 Å². The summed E-state index contributed by atoms with van der Waals surface area (Å²) in [5, 5.41) is 3.05. The van der Waals surface area contributed by atoms with E-state index in [-0.39, 0.29) is 5.56 Å². The fourth-order valence-corrected chi connectivity index (χ4v) is 1.98. The first-order chi connectivity index (χ1) is 10.0. The van der Waals surface area contributed by atoms with Crippen LogP contribution >= 0.6 is 0 Å². The van der Waals surface area contributed by atoms with Gasteiger partial charge in [-0.05, 0) is 25.1 Å². The number of hydrogen-bond acceptors (Lipinski definition) is 4. The number of alkyl halides is 3. The molecule has 0 fully saturated rings. The predicted molar refractivity (Wildman–Crippen MR) is 71.4 cm³/mol. The maximum absolute atomic E-state index is 13.2. The van der Waals surface area contributed by atoms with E-state index in [4.69, 9.17) is 0 Å². The number of hydrogen-bond donors (Lipinski definition) is 1. The van der Waals surface area contributed by atoms with Crippen LogP contribution in [0.2, 0.25) is 0 Å². The number of halogens is 3. The predicted octanol–water partition coefficient (Wildman–Crippen LogP) is 2.98. The lowest BCUT2D eigenvalue weighted by Crippen LogP contribution is -2.27. The molecule has 2 rings (SSSR count). The summed E-state index contributed by atoms with van der Waals surface area (Å²) in [5.41, 5.74) is -0.691. The number of nitrogens with one attached hydrogen (secondary N) is 1. The molecule has 0 bridgehead atoms. The Morgan fingerprint density at radius 2 is 1.90 bits per heavy atom. The summed E-state index contributed by atoms with van der Waals surface area (Å²) >= 11 is 0. The van der Waals surface area contributed by atoms with Crippen LogP contribution in [0.25, 0.3) is 0 Å². The third kappa shape index (κ3) is 3.75. The molecule has 0 saturated heterocycles. The van der Waals surface area contributed by atoms with Crippen LogP contribution in [-0.4, -0.2) is 21.5 Å². The van der Waals surface area contributed by atoms with Crippen molar-refractivity contribution in [3.63, 3.8) is 0 Å². The fourth-order valence-electron chi connectivity index (χ4n) is 1.98. The van der Waals surface area contributed by atoms with E-state index in [0.717, 1.165) is 18.7 Å². The number of pyridine rings is 1. The molecule has 2 aromatic heterocycles. The zero-order valence-electron chi connectivity index (χ0n) is 11.4. The van der Waals surface area contributed by atoms with Crippen LogP contribution in [0.1, 0.15) is 36.3 Å². The maximum atomic E-state index is 13.2. The number of aromatic nitrogens is 3. The second kappa shape index (κ2) is 6.62. The summed E-state index contributed by atoms with van der Waals surface area (Å²) in [5.74, 6) is 0.296. The second-order valence-electron chi connectivity index (χ2n) is 4.45. The minimum absolute atomic E-state index is 0.0321. The summed E-state index contributed by atoms with van der Waals surface area (Å²) < 4.78 is 39.5. The van der Waals surface area contributed by atoms with Crippen LogP contribution in [0.3, 0.4) is 0 Å². The third-order valence-corrected chi connectivity index (χ3v) is 2.91. The molecular weight excluding hydrogens is 281 g/mol. The molecule has 0 radical (unpaired) electrons. The Labute approximate surface area is 120 Å². The Bertz CT molecular complexity index is 572. The van der Waals surface area contributed by atoms with Gasteiger partial charge >= 0.3 is 6.18 Å². The van der Waals surface area contributed by atoms with Gasteiger partial charge in [0.05, 0.1) is 11.6 Å². The van der Waals surface area contributed by atoms with Crippen LogP contribution in [0.15, 0.2) is 36.9 Å². The van der Waals surface area contributed by atoms with Crippen LogP contribution < -0.4 is 5.32 Å². The zero-order valence-corrected chi connectivity index (χ0v) is 11.4. The third-order valence-electron chi connectivity index (χ3n) is 2.91. The van der Waals surface area contributed by atoms with Gasteiger partial charge in [-0.1, -0.05) is 6.92 Å². The van der Waals surface area contributed by atoms with E-state index in [1.54, 1.807) is 6.07 Å². The summed E-state index contributed by atoms with van der Waals surface area (Å²) in [7, 11) is 0. The first-order valence-electron chi connectivity index (χ1n) is 6.55. The fraction of sp³-hybridized carbons (Fsp3) is 0.357. The Kier molecular flexibility index (Phi) is 4.85. The Morgan fingerprint density at radius 1 is 1.19 bits per heavy atom. The molecule has 1 N–H and O–H groups in total. The first kappa shape index (κ1) is 15.4. The molecule has 4 nitrogen and oxygen atoms in total. The van der Waals surface area contributed by atoms with E-state index in [1.165, 1.54) is 18.6 Å². The maximum Gasteiger partial charge on any atom is 0.416 e. The molecule has 1 atom stereocenters. The van der Waals surface area contributed by atoms with Crippen LogP contribution in [-0.2, 0) is 6.18 Å². The van der Waals surface area contributed by atoms with Gasteiger partial charge in [0.25, 0.3) is 0 Å². The normalized spacial score (nSPS) is 13.1. The lowest BCUT2D eigenvalue weighted by Gasteiger charge is -2.21. The van der Waals surface area contributed by atoms with Crippen molar-refractivity contribution >= 4 is 0 Å². The van der Waals surface area contributed by atoms with E-state index < -0.39 is 17.8 Å². The number of rotatable bonds is 5. The minimum Gasteiger partial charge on any atom is -0.304 e. The Balaban J connectivity index is 2.47. The van der Waals surface area contributed by atoms with Crippen molar-refractivity contribution in [2.45, 2.75) is 25.6 Å². The molecule has 0 aliphatic heterocycles. The van der Waals surface area contributed by atoms with Gasteiger partial charge in [-0.15, -0.1) is 0 Å². The van der Waals surface area contributed by atoms with Gasteiger partial charge in [-0.2, -0.15) is 13.2 Å². The highest BCUT2D eigenvalue weighted by atomic mass is 19.4. The molecule has 0 aromatic carbocycles. The standard InChI is InChI=1S/C14H15F3N4/c1-2-5-19-12(13-20-6-3-7-21-13)10-9-18-8-4-11(10)14(15,16)17/h3-4,6-9,12,19H,2,5H2,1H3. The molecule has 112 valence electrons. The van der Waals surface area contributed by atoms with E-state index in [0.29, 0.717) is 12.4 Å². The van der Waals surface area contributed by atoms with Crippen LogP contribution in [0.4, 0.5) is 13.2 Å². The largest absolute Gasteiger partial charge is 0.416 e. The van der Waals surface area contributed by atoms with E-state index in [1.807, 2.05) is 6.92 Å². The zero-order chi connectivity index (χ0) is 15.3. The van der Waals surface area contributed by atoms with Gasteiger partial charge in [0, 0.05) is 30.4 Å². The topological polar surface area (TPSA) is 50.7 Å². The van der Waals surface area contributed by atoms with Gasteiger partial charge in [0.1, 0.15) is 5.82 Å². The molecule has 2 aromatic rings. The molecule has 0 saturated carbocycles. The van der Waals surface area contributed by atoms with Crippen LogP contribution in [0.5, 0.6) is 0 Å². The molecule has 0 spiro atoms. The van der Waals surface area contributed by atoms with Gasteiger partial charge < -0.3 is 5.32 Å². The first-order valence-corrected chi connectivity index (χ1v) is 6.55.